The van der Waals surface area contributed by atoms with Crippen LogP contribution in [0.5, 0.6) is 0 Å². The van der Waals surface area contributed by atoms with Crippen molar-refractivity contribution < 1.29 is 9.59 Å². The highest BCUT2D eigenvalue weighted by Gasteiger charge is 2.29. The Balaban J connectivity index is 1.73. The zero-order valence-electron chi connectivity index (χ0n) is 11.9. The maximum absolute atomic E-state index is 12.4. The number of nitrogens with zero attached hydrogens (tertiary/aromatic N) is 2. The van der Waals surface area contributed by atoms with E-state index >= 15 is 0 Å². The van der Waals surface area contributed by atoms with Gasteiger partial charge in [0, 0.05) is 25.2 Å². The number of ketones is 1. The van der Waals surface area contributed by atoms with Crippen LogP contribution in [-0.4, -0.2) is 21.2 Å². The van der Waals surface area contributed by atoms with Crippen molar-refractivity contribution >= 4 is 11.7 Å². The lowest BCUT2D eigenvalue weighted by Gasteiger charge is -2.23. The van der Waals surface area contributed by atoms with E-state index in [1.54, 1.807) is 12.4 Å². The number of nitrogens with one attached hydrogen (secondary N) is 1. The van der Waals surface area contributed by atoms with E-state index in [-0.39, 0.29) is 17.6 Å². The number of amides is 1. The summed E-state index contributed by atoms with van der Waals surface area (Å²) in [4.78, 5) is 28.5. The van der Waals surface area contributed by atoms with E-state index in [9.17, 15) is 9.59 Å². The van der Waals surface area contributed by atoms with E-state index < -0.39 is 0 Å². The van der Waals surface area contributed by atoms with Crippen LogP contribution < -0.4 is 5.32 Å². The monoisotopic (exact) mass is 283 g/mol. The summed E-state index contributed by atoms with van der Waals surface area (Å²) in [5, 5.41) is 2.91. The van der Waals surface area contributed by atoms with Crippen LogP contribution in [0.3, 0.4) is 0 Å². The Hall–Kier alpha value is -2.43. The molecule has 3 rings (SSSR count). The molecule has 0 bridgehead atoms. The lowest BCUT2D eigenvalue weighted by Crippen LogP contribution is -2.32. The fraction of sp³-hybridized carbons (Fsp3) is 0.312. The third-order valence-electron chi connectivity index (χ3n) is 3.82. The molecule has 108 valence electrons. The number of hydrogen-bond donors (Lipinski definition) is 1. The molecule has 1 aromatic carbocycles. The van der Waals surface area contributed by atoms with Crippen molar-refractivity contribution in [3.63, 3.8) is 0 Å². The van der Waals surface area contributed by atoms with Crippen LogP contribution in [0.4, 0.5) is 0 Å². The Bertz CT molecular complexity index is 690. The minimum atomic E-state index is -0.248. The summed E-state index contributed by atoms with van der Waals surface area (Å²) in [6.07, 6.45) is 4.58. The Kier molecular flexibility index (Phi) is 3.56. The Labute approximate surface area is 123 Å². The topological polar surface area (TPSA) is 64.0 Å². The van der Waals surface area contributed by atoms with Gasteiger partial charge in [-0.1, -0.05) is 24.3 Å². The summed E-state index contributed by atoms with van der Waals surface area (Å²) < 4.78 is 1.84. The standard InChI is InChI=1S/C16H17N3O2/c1-19-9-11(18-10-19)8-17-16(21)14-6-7-15(20)13-5-3-2-4-12(13)14/h2-5,9-10,14H,6-8H2,1H3,(H,17,21). The molecular weight excluding hydrogens is 266 g/mol. The molecular formula is C16H17N3O2. The number of aromatic nitrogens is 2. The molecule has 0 aliphatic heterocycles. The van der Waals surface area contributed by atoms with E-state index in [1.807, 2.05) is 36.0 Å². The molecule has 1 N–H and O–H groups in total. The molecule has 1 aromatic heterocycles. The maximum Gasteiger partial charge on any atom is 0.227 e. The molecule has 0 fully saturated rings. The number of rotatable bonds is 3. The fourth-order valence-corrected chi connectivity index (χ4v) is 2.75. The zero-order valence-corrected chi connectivity index (χ0v) is 11.9. The second kappa shape index (κ2) is 5.52. The van der Waals surface area contributed by atoms with Gasteiger partial charge >= 0.3 is 0 Å². The molecule has 5 nitrogen and oxygen atoms in total. The number of fused-ring (bicyclic) bond motifs is 1. The molecule has 0 spiro atoms. The fourth-order valence-electron chi connectivity index (χ4n) is 2.75. The van der Waals surface area contributed by atoms with Gasteiger partial charge in [0.15, 0.2) is 5.78 Å². The van der Waals surface area contributed by atoms with Crippen LogP contribution in [0, 0.1) is 0 Å². The normalized spacial score (nSPS) is 17.4. The highest BCUT2D eigenvalue weighted by Crippen LogP contribution is 2.31. The molecule has 5 heteroatoms. The summed E-state index contributed by atoms with van der Waals surface area (Å²) in [5.74, 6) is -0.164. The summed E-state index contributed by atoms with van der Waals surface area (Å²) in [6.45, 7) is 0.409. The molecule has 1 heterocycles. The second-order valence-electron chi connectivity index (χ2n) is 5.35. The predicted octanol–water partition coefficient (Wildman–Crippen LogP) is 1.80. The molecule has 0 saturated carbocycles. The van der Waals surface area contributed by atoms with Gasteiger partial charge in [-0.2, -0.15) is 0 Å². The zero-order chi connectivity index (χ0) is 14.8. The third-order valence-corrected chi connectivity index (χ3v) is 3.82. The number of benzene rings is 1. The summed E-state index contributed by atoms with van der Waals surface area (Å²) in [5.41, 5.74) is 2.35. The quantitative estimate of drug-likeness (QED) is 0.934. The number of hydrogen-bond acceptors (Lipinski definition) is 3. The van der Waals surface area contributed by atoms with Crippen LogP contribution in [0.2, 0.25) is 0 Å². The van der Waals surface area contributed by atoms with Gasteiger partial charge in [0.05, 0.1) is 24.5 Å². The average Bonchev–Trinajstić information content (AvgIpc) is 2.91. The van der Waals surface area contributed by atoms with Gasteiger partial charge in [0.25, 0.3) is 0 Å². The van der Waals surface area contributed by atoms with Crippen molar-refractivity contribution in [3.8, 4) is 0 Å². The molecule has 0 radical (unpaired) electrons. The average molecular weight is 283 g/mol. The van der Waals surface area contributed by atoms with Crippen LogP contribution in [0.25, 0.3) is 0 Å². The lowest BCUT2D eigenvalue weighted by atomic mass is 9.81. The number of carbonyl (C=O) groups is 2. The number of Topliss-reactive ketones (excluding diaryl/α,β-unsaturated/α-hetero) is 1. The molecule has 1 atom stereocenters. The smallest absolute Gasteiger partial charge is 0.227 e. The van der Waals surface area contributed by atoms with Crippen LogP contribution >= 0.6 is 0 Å². The molecule has 1 aliphatic carbocycles. The van der Waals surface area contributed by atoms with E-state index in [0.717, 1.165) is 11.3 Å². The number of aryl methyl sites for hydroxylation is 1. The predicted molar refractivity (Wildman–Crippen MR) is 77.8 cm³/mol. The molecule has 2 aromatic rings. The highest BCUT2D eigenvalue weighted by molar-refractivity contribution is 6.01. The SMILES string of the molecule is Cn1cnc(CNC(=O)C2CCC(=O)c3ccccc32)c1. The van der Waals surface area contributed by atoms with Gasteiger partial charge in [-0.25, -0.2) is 4.98 Å². The van der Waals surface area contributed by atoms with Crippen molar-refractivity contribution in [1.29, 1.82) is 0 Å². The first-order valence-electron chi connectivity index (χ1n) is 7.02. The van der Waals surface area contributed by atoms with Gasteiger partial charge in [-0.15, -0.1) is 0 Å². The third kappa shape index (κ3) is 2.72. The summed E-state index contributed by atoms with van der Waals surface area (Å²) in [7, 11) is 1.89. The lowest BCUT2D eigenvalue weighted by molar-refractivity contribution is -0.122. The van der Waals surface area contributed by atoms with Crippen LogP contribution in [-0.2, 0) is 18.4 Å². The Morgan fingerprint density at radius 2 is 2.24 bits per heavy atom. The van der Waals surface area contributed by atoms with Crippen LogP contribution in [0.1, 0.15) is 40.4 Å². The largest absolute Gasteiger partial charge is 0.350 e. The Morgan fingerprint density at radius 1 is 1.43 bits per heavy atom. The minimum Gasteiger partial charge on any atom is -0.350 e. The molecule has 0 saturated heterocycles. The summed E-state index contributed by atoms with van der Waals surface area (Å²) in [6, 6.07) is 7.38. The van der Waals surface area contributed by atoms with E-state index in [4.69, 9.17) is 0 Å². The molecule has 1 amide bonds. The van der Waals surface area contributed by atoms with Gasteiger partial charge in [0.2, 0.25) is 5.91 Å². The first-order valence-corrected chi connectivity index (χ1v) is 7.02. The first-order chi connectivity index (χ1) is 10.1. The molecule has 1 unspecified atom stereocenters. The van der Waals surface area contributed by atoms with Crippen LogP contribution in [0.15, 0.2) is 36.8 Å². The van der Waals surface area contributed by atoms with Crippen molar-refractivity contribution in [1.82, 2.24) is 14.9 Å². The number of carbonyl (C=O) groups excluding carboxylic acids is 2. The maximum atomic E-state index is 12.4. The van der Waals surface area contributed by atoms with E-state index in [1.165, 1.54) is 0 Å². The number of imidazole rings is 1. The highest BCUT2D eigenvalue weighted by atomic mass is 16.2. The van der Waals surface area contributed by atoms with Crippen molar-refractivity contribution in [3.05, 3.63) is 53.6 Å². The molecule has 1 aliphatic rings. The van der Waals surface area contributed by atoms with Crippen molar-refractivity contribution in [2.24, 2.45) is 7.05 Å². The van der Waals surface area contributed by atoms with Crippen molar-refractivity contribution in [2.75, 3.05) is 0 Å². The van der Waals surface area contributed by atoms with Gasteiger partial charge < -0.3 is 9.88 Å². The van der Waals surface area contributed by atoms with Gasteiger partial charge in [0.1, 0.15) is 0 Å². The minimum absolute atomic E-state index is 0.0411. The second-order valence-corrected chi connectivity index (χ2v) is 5.35. The van der Waals surface area contributed by atoms with Crippen molar-refractivity contribution in [2.45, 2.75) is 25.3 Å². The summed E-state index contributed by atoms with van der Waals surface area (Å²) >= 11 is 0. The van der Waals surface area contributed by atoms with E-state index in [2.05, 4.69) is 10.3 Å². The first kappa shape index (κ1) is 13.5. The van der Waals surface area contributed by atoms with E-state index in [0.29, 0.717) is 24.9 Å². The van der Waals surface area contributed by atoms with Gasteiger partial charge in [-0.05, 0) is 12.0 Å². The van der Waals surface area contributed by atoms with Gasteiger partial charge in [-0.3, -0.25) is 9.59 Å². The Morgan fingerprint density at radius 3 is 3.00 bits per heavy atom. The molecule has 21 heavy (non-hydrogen) atoms.